The van der Waals surface area contributed by atoms with Crippen molar-refractivity contribution in [1.29, 1.82) is 0 Å². The molecule has 0 saturated heterocycles. The number of carboxylic acid groups (broad SMARTS) is 1. The van der Waals surface area contributed by atoms with Gasteiger partial charge in [-0.05, 0) is 23.2 Å². The largest absolute Gasteiger partial charge is 0.477 e. The van der Waals surface area contributed by atoms with Gasteiger partial charge in [-0.2, -0.15) is 39.5 Å². The standard InChI is InChI=1S/C6HCl2F9O3/c7-4(13,14)5(8,15)20-6(16,17)3(11,12)2(9,10)1(18)19/h(H,18,19)/t5-/m1/s1. The highest BCUT2D eigenvalue weighted by atomic mass is 35.5. The number of halogens is 11. The van der Waals surface area contributed by atoms with Gasteiger partial charge in [-0.15, -0.1) is 0 Å². The second-order valence-corrected chi connectivity index (χ2v) is 4.05. The first kappa shape index (κ1) is 19.4. The predicted octanol–water partition coefficient (Wildman–Crippen LogP) is 3.64. The summed E-state index contributed by atoms with van der Waals surface area (Å²) in [7, 11) is 0. The zero-order valence-electron chi connectivity index (χ0n) is 8.42. The quantitative estimate of drug-likeness (QED) is 0.579. The molecule has 0 rings (SSSR count). The van der Waals surface area contributed by atoms with E-state index in [1.807, 2.05) is 0 Å². The van der Waals surface area contributed by atoms with Crippen LogP contribution in [-0.4, -0.2) is 39.7 Å². The first-order valence-corrected chi connectivity index (χ1v) is 4.67. The lowest BCUT2D eigenvalue weighted by molar-refractivity contribution is -0.431. The molecule has 0 aliphatic carbocycles. The fourth-order valence-electron chi connectivity index (χ4n) is 0.600. The fourth-order valence-corrected chi connectivity index (χ4v) is 0.735. The van der Waals surface area contributed by atoms with Crippen molar-refractivity contribution >= 4 is 29.2 Å². The lowest BCUT2D eigenvalue weighted by atomic mass is 10.1. The smallest absolute Gasteiger partial charge is 0.430 e. The van der Waals surface area contributed by atoms with E-state index in [-0.39, 0.29) is 0 Å². The van der Waals surface area contributed by atoms with Gasteiger partial charge >= 0.3 is 34.6 Å². The number of hydrogen-bond donors (Lipinski definition) is 1. The molecular formula is C6HCl2F9O3. The highest BCUT2D eigenvalue weighted by Crippen LogP contribution is 2.52. The maximum Gasteiger partial charge on any atom is 0.430 e. The van der Waals surface area contributed by atoms with E-state index in [4.69, 9.17) is 5.11 Å². The Morgan fingerprint density at radius 1 is 0.900 bits per heavy atom. The van der Waals surface area contributed by atoms with Crippen molar-refractivity contribution in [3.63, 3.8) is 0 Å². The first-order chi connectivity index (χ1) is 8.40. The second-order valence-electron chi connectivity index (χ2n) is 3.09. The first-order valence-electron chi connectivity index (χ1n) is 3.91. The molecule has 0 spiro atoms. The van der Waals surface area contributed by atoms with Gasteiger partial charge in [0.05, 0.1) is 0 Å². The van der Waals surface area contributed by atoms with E-state index in [0.29, 0.717) is 0 Å². The molecule has 0 heterocycles. The van der Waals surface area contributed by atoms with Crippen molar-refractivity contribution in [2.24, 2.45) is 0 Å². The molecule has 0 aliphatic rings. The van der Waals surface area contributed by atoms with Crippen LogP contribution in [0.3, 0.4) is 0 Å². The summed E-state index contributed by atoms with van der Waals surface area (Å²) >= 11 is 7.77. The number of rotatable bonds is 6. The summed E-state index contributed by atoms with van der Waals surface area (Å²) in [6.07, 6.45) is -6.73. The van der Waals surface area contributed by atoms with E-state index in [2.05, 4.69) is 27.9 Å². The number of carboxylic acids is 1. The summed E-state index contributed by atoms with van der Waals surface area (Å²) in [6, 6.07) is 0. The molecule has 0 aromatic carbocycles. The Kier molecular flexibility index (Phi) is 4.83. The molecule has 3 nitrogen and oxygen atoms in total. The third-order valence-electron chi connectivity index (χ3n) is 1.61. The van der Waals surface area contributed by atoms with E-state index in [9.17, 15) is 44.3 Å². The number of carbonyl (C=O) groups is 1. The van der Waals surface area contributed by atoms with Gasteiger partial charge in [0.25, 0.3) is 0 Å². The molecular weight excluding hydrogens is 362 g/mol. The van der Waals surface area contributed by atoms with Crippen LogP contribution >= 0.6 is 23.2 Å². The van der Waals surface area contributed by atoms with Crippen molar-refractivity contribution in [1.82, 2.24) is 0 Å². The molecule has 0 aromatic heterocycles. The molecule has 0 saturated carbocycles. The Hall–Kier alpha value is -0.620. The van der Waals surface area contributed by atoms with Crippen LogP contribution in [0.4, 0.5) is 39.5 Å². The summed E-state index contributed by atoms with van der Waals surface area (Å²) in [5.74, 6) is -17.1. The number of ether oxygens (including phenoxy) is 1. The van der Waals surface area contributed by atoms with Gasteiger partial charge in [-0.25, -0.2) is 4.79 Å². The van der Waals surface area contributed by atoms with E-state index in [1.54, 1.807) is 0 Å². The predicted molar refractivity (Wildman–Crippen MR) is 44.1 cm³/mol. The van der Waals surface area contributed by atoms with Crippen molar-refractivity contribution in [3.05, 3.63) is 0 Å². The van der Waals surface area contributed by atoms with Crippen LogP contribution in [0.5, 0.6) is 0 Å². The minimum absolute atomic E-state index is 2.08. The third-order valence-corrected chi connectivity index (χ3v) is 2.27. The SMILES string of the molecule is O=C(O)C(F)(F)C(F)(F)C(F)(F)O[C@@](F)(Cl)C(F)(F)Cl. The van der Waals surface area contributed by atoms with Gasteiger partial charge in [0.1, 0.15) is 0 Å². The maximum atomic E-state index is 12.7. The van der Waals surface area contributed by atoms with Crippen LogP contribution in [0, 0.1) is 0 Å². The monoisotopic (exact) mass is 362 g/mol. The van der Waals surface area contributed by atoms with E-state index in [0.717, 1.165) is 0 Å². The van der Waals surface area contributed by atoms with Gasteiger partial charge in [0.2, 0.25) is 0 Å². The average Bonchev–Trinajstić information content (AvgIpc) is 2.12. The van der Waals surface area contributed by atoms with E-state index >= 15 is 0 Å². The summed E-state index contributed by atoms with van der Waals surface area (Å²) in [5, 5.41) is -3.36. The molecule has 0 radical (unpaired) electrons. The molecule has 1 N–H and O–H groups in total. The number of alkyl halides is 11. The van der Waals surface area contributed by atoms with E-state index < -0.39 is 34.6 Å². The van der Waals surface area contributed by atoms with Gasteiger partial charge in [0.15, 0.2) is 0 Å². The molecule has 0 unspecified atom stereocenters. The minimum Gasteiger partial charge on any atom is -0.477 e. The molecule has 120 valence electrons. The van der Waals surface area contributed by atoms with Crippen molar-refractivity contribution in [2.75, 3.05) is 0 Å². The Morgan fingerprint density at radius 3 is 1.50 bits per heavy atom. The van der Waals surface area contributed by atoms with Gasteiger partial charge < -0.3 is 5.11 Å². The van der Waals surface area contributed by atoms with Crippen LogP contribution < -0.4 is 0 Å². The lowest BCUT2D eigenvalue weighted by Crippen LogP contribution is -2.61. The third kappa shape index (κ3) is 3.17. The van der Waals surface area contributed by atoms with Crippen molar-refractivity contribution < 1.29 is 54.2 Å². The molecule has 0 bridgehead atoms. The maximum absolute atomic E-state index is 12.7. The summed E-state index contributed by atoms with van der Waals surface area (Å²) in [4.78, 5) is 9.76. The number of aliphatic carboxylic acids is 1. The van der Waals surface area contributed by atoms with E-state index in [1.165, 1.54) is 0 Å². The average molecular weight is 363 g/mol. The molecule has 0 amide bonds. The molecule has 0 aliphatic heterocycles. The minimum atomic E-state index is -6.92. The highest BCUT2D eigenvalue weighted by Gasteiger charge is 2.79. The summed E-state index contributed by atoms with van der Waals surface area (Å²) < 4.78 is 114. The van der Waals surface area contributed by atoms with Gasteiger partial charge in [-0.3, -0.25) is 4.74 Å². The van der Waals surface area contributed by atoms with Crippen LogP contribution in [0.2, 0.25) is 0 Å². The second kappa shape index (κ2) is 4.98. The van der Waals surface area contributed by atoms with Crippen LogP contribution in [-0.2, 0) is 9.53 Å². The molecule has 0 fully saturated rings. The topological polar surface area (TPSA) is 46.5 Å². The Morgan fingerprint density at radius 2 is 1.25 bits per heavy atom. The Bertz CT molecular complexity index is 392. The Balaban J connectivity index is 5.60. The van der Waals surface area contributed by atoms with Crippen LogP contribution in [0.15, 0.2) is 0 Å². The fraction of sp³-hybridized carbons (Fsp3) is 0.833. The van der Waals surface area contributed by atoms with Gasteiger partial charge in [0, 0.05) is 0 Å². The van der Waals surface area contributed by atoms with Crippen LogP contribution in [0.1, 0.15) is 0 Å². The van der Waals surface area contributed by atoms with Gasteiger partial charge in [-0.1, -0.05) is 0 Å². The molecule has 0 aromatic rings. The molecule has 14 heteroatoms. The molecule has 1 atom stereocenters. The van der Waals surface area contributed by atoms with Crippen molar-refractivity contribution in [3.8, 4) is 0 Å². The zero-order chi connectivity index (χ0) is 16.8. The normalized spacial score (nSPS) is 17.8. The lowest BCUT2D eigenvalue weighted by Gasteiger charge is -2.33. The zero-order valence-corrected chi connectivity index (χ0v) is 9.93. The summed E-state index contributed by atoms with van der Waals surface area (Å²) in [5.41, 5.74) is 0. The highest BCUT2D eigenvalue weighted by molar-refractivity contribution is 6.31. The van der Waals surface area contributed by atoms with Crippen molar-refractivity contribution in [2.45, 2.75) is 28.6 Å². The number of hydrogen-bond acceptors (Lipinski definition) is 2. The molecule has 20 heavy (non-hydrogen) atoms. The summed E-state index contributed by atoms with van der Waals surface area (Å²) in [6.45, 7) is 0. The van der Waals surface area contributed by atoms with Crippen LogP contribution in [0.25, 0.3) is 0 Å². The Labute approximate surface area is 113 Å².